The van der Waals surface area contributed by atoms with E-state index in [9.17, 15) is 4.39 Å². The van der Waals surface area contributed by atoms with Crippen molar-refractivity contribution in [2.24, 2.45) is 0 Å². The summed E-state index contributed by atoms with van der Waals surface area (Å²) in [6.07, 6.45) is 1.92. The molecule has 1 fully saturated rings. The first-order valence-electron chi connectivity index (χ1n) is 6.63. The lowest BCUT2D eigenvalue weighted by Crippen LogP contribution is -2.07. The molecule has 2 heterocycles. The zero-order valence-electron chi connectivity index (χ0n) is 10.4. The molecule has 1 aromatic heterocycles. The maximum Gasteiger partial charge on any atom is 0.209 e. The molecule has 1 saturated carbocycles. The molecule has 0 N–H and O–H groups in total. The lowest BCUT2D eigenvalue weighted by molar-refractivity contribution is 0.327. The molecule has 1 aliphatic heterocycles. The second kappa shape index (κ2) is 4.34. The zero-order valence-corrected chi connectivity index (χ0v) is 11.2. The molecule has 19 heavy (non-hydrogen) atoms. The Balaban J connectivity index is 1.68. The molecule has 0 unspecified atom stereocenters. The van der Waals surface area contributed by atoms with Gasteiger partial charge in [0.25, 0.3) is 0 Å². The number of halogens is 1. The van der Waals surface area contributed by atoms with Crippen LogP contribution in [0.15, 0.2) is 35.5 Å². The number of benzene rings is 1. The minimum absolute atomic E-state index is 0.00717. The van der Waals surface area contributed by atoms with Gasteiger partial charge in [0.15, 0.2) is 12.0 Å². The van der Waals surface area contributed by atoms with E-state index in [2.05, 4.69) is 10.1 Å². The van der Waals surface area contributed by atoms with E-state index in [1.165, 1.54) is 12.8 Å². The monoisotopic (exact) mass is 275 g/mol. The van der Waals surface area contributed by atoms with E-state index in [-0.39, 0.29) is 6.04 Å². The molecular weight excluding hydrogens is 261 g/mol. The molecule has 1 aromatic carbocycles. The first-order chi connectivity index (χ1) is 9.31. The highest BCUT2D eigenvalue weighted by Crippen LogP contribution is 2.43. The van der Waals surface area contributed by atoms with E-state index >= 15 is 0 Å². The first kappa shape index (κ1) is 11.5. The van der Waals surface area contributed by atoms with Crippen LogP contribution in [0.4, 0.5) is 4.39 Å². The second-order valence-electron chi connectivity index (χ2n) is 5.14. The molecule has 0 spiro atoms. The standard InChI is InChI=1S/C14H14FN3S/c15-11-8-12(9-4-2-1-3-5-9)18-13(11)16-14(17-18)19-10-6-7-10/h1-5,10-12H,6-8H2/t11-,12-/m0/s1. The zero-order chi connectivity index (χ0) is 12.8. The van der Waals surface area contributed by atoms with E-state index < -0.39 is 6.17 Å². The Morgan fingerprint density at radius 3 is 2.74 bits per heavy atom. The molecular formula is C14H14FN3S. The summed E-state index contributed by atoms with van der Waals surface area (Å²) >= 11 is 1.68. The fourth-order valence-corrected chi connectivity index (χ4v) is 3.45. The topological polar surface area (TPSA) is 30.7 Å². The van der Waals surface area contributed by atoms with Gasteiger partial charge in [-0.05, 0) is 18.4 Å². The Bertz CT molecular complexity index is 594. The highest BCUT2D eigenvalue weighted by atomic mass is 32.2. The predicted molar refractivity (Wildman–Crippen MR) is 71.9 cm³/mol. The van der Waals surface area contributed by atoms with Crippen LogP contribution in [0.2, 0.25) is 0 Å². The maximum absolute atomic E-state index is 14.1. The van der Waals surface area contributed by atoms with E-state index in [0.717, 1.165) is 10.7 Å². The van der Waals surface area contributed by atoms with Crippen LogP contribution < -0.4 is 0 Å². The van der Waals surface area contributed by atoms with Crippen LogP contribution in [0.25, 0.3) is 0 Å². The number of thioether (sulfide) groups is 1. The molecule has 2 aromatic rings. The highest BCUT2D eigenvalue weighted by molar-refractivity contribution is 8.00. The third-order valence-electron chi connectivity index (χ3n) is 3.62. The van der Waals surface area contributed by atoms with Gasteiger partial charge in [-0.1, -0.05) is 42.1 Å². The Morgan fingerprint density at radius 2 is 2.00 bits per heavy atom. The van der Waals surface area contributed by atoms with Crippen molar-refractivity contribution in [2.75, 3.05) is 0 Å². The highest BCUT2D eigenvalue weighted by Gasteiger charge is 2.36. The van der Waals surface area contributed by atoms with Crippen LogP contribution in [0.3, 0.4) is 0 Å². The summed E-state index contributed by atoms with van der Waals surface area (Å²) in [7, 11) is 0. The molecule has 2 atom stereocenters. The summed E-state index contributed by atoms with van der Waals surface area (Å²) in [4.78, 5) is 4.37. The van der Waals surface area contributed by atoms with Gasteiger partial charge in [0.05, 0.1) is 6.04 Å². The van der Waals surface area contributed by atoms with E-state index in [1.54, 1.807) is 16.4 Å². The van der Waals surface area contributed by atoms with Crippen molar-refractivity contribution in [3.8, 4) is 0 Å². The van der Waals surface area contributed by atoms with Crippen LogP contribution in [0.5, 0.6) is 0 Å². The van der Waals surface area contributed by atoms with Crippen LogP contribution in [-0.4, -0.2) is 20.0 Å². The number of alkyl halides is 1. The Kier molecular flexibility index (Phi) is 2.62. The molecule has 0 saturated heterocycles. The SMILES string of the molecule is F[C@H]1C[C@@H](c2ccccc2)n2nc(SC3CC3)nc21. The van der Waals surface area contributed by atoms with Gasteiger partial charge >= 0.3 is 0 Å². The Morgan fingerprint density at radius 1 is 1.21 bits per heavy atom. The van der Waals surface area contributed by atoms with Gasteiger partial charge in [0.2, 0.25) is 5.16 Å². The van der Waals surface area contributed by atoms with Crippen molar-refractivity contribution in [2.45, 2.75) is 41.9 Å². The van der Waals surface area contributed by atoms with Crippen molar-refractivity contribution in [1.29, 1.82) is 0 Å². The first-order valence-corrected chi connectivity index (χ1v) is 7.51. The fourth-order valence-electron chi connectivity index (χ4n) is 2.50. The summed E-state index contributed by atoms with van der Waals surface area (Å²) in [6.45, 7) is 0. The molecule has 0 amide bonds. The van der Waals surface area contributed by atoms with Crippen LogP contribution in [0, 0.1) is 0 Å². The van der Waals surface area contributed by atoms with Gasteiger partial charge in [0, 0.05) is 11.7 Å². The van der Waals surface area contributed by atoms with E-state index in [0.29, 0.717) is 17.5 Å². The predicted octanol–water partition coefficient (Wildman–Crippen LogP) is 3.54. The van der Waals surface area contributed by atoms with E-state index in [1.807, 2.05) is 30.3 Å². The smallest absolute Gasteiger partial charge is 0.209 e. The number of aromatic nitrogens is 3. The molecule has 0 bridgehead atoms. The Hall–Kier alpha value is -1.36. The normalized spacial score (nSPS) is 25.5. The fraction of sp³-hybridized carbons (Fsp3) is 0.429. The average molecular weight is 275 g/mol. The minimum atomic E-state index is -0.994. The van der Waals surface area contributed by atoms with Crippen LogP contribution in [-0.2, 0) is 0 Å². The summed E-state index contributed by atoms with van der Waals surface area (Å²) in [5.41, 5.74) is 1.11. The molecule has 2 aliphatic rings. The molecule has 4 rings (SSSR count). The summed E-state index contributed by atoms with van der Waals surface area (Å²) < 4.78 is 15.9. The number of rotatable bonds is 3. The van der Waals surface area contributed by atoms with Crippen LogP contribution in [0.1, 0.15) is 42.9 Å². The van der Waals surface area contributed by atoms with Crippen molar-refractivity contribution in [3.63, 3.8) is 0 Å². The average Bonchev–Trinajstić information content (AvgIpc) is 3.05. The van der Waals surface area contributed by atoms with Crippen molar-refractivity contribution < 1.29 is 4.39 Å². The largest absolute Gasteiger partial charge is 0.239 e. The number of hydrogen-bond acceptors (Lipinski definition) is 3. The van der Waals surface area contributed by atoms with Crippen LogP contribution >= 0.6 is 11.8 Å². The summed E-state index contributed by atoms with van der Waals surface area (Å²) in [5, 5.41) is 5.89. The Labute approximate surface area is 115 Å². The third kappa shape index (κ3) is 2.06. The van der Waals surface area contributed by atoms with Gasteiger partial charge in [-0.3, -0.25) is 0 Å². The van der Waals surface area contributed by atoms with Gasteiger partial charge in [-0.25, -0.2) is 14.1 Å². The maximum atomic E-state index is 14.1. The number of nitrogens with zero attached hydrogens (tertiary/aromatic N) is 3. The van der Waals surface area contributed by atoms with Gasteiger partial charge in [0.1, 0.15) is 0 Å². The van der Waals surface area contributed by atoms with E-state index in [4.69, 9.17) is 0 Å². The molecule has 3 nitrogen and oxygen atoms in total. The van der Waals surface area contributed by atoms with Crippen molar-refractivity contribution in [1.82, 2.24) is 14.8 Å². The van der Waals surface area contributed by atoms with Gasteiger partial charge in [-0.15, -0.1) is 5.10 Å². The lowest BCUT2D eigenvalue weighted by atomic mass is 10.0. The number of hydrogen-bond donors (Lipinski definition) is 0. The summed E-state index contributed by atoms with van der Waals surface area (Å²) in [6, 6.07) is 9.99. The second-order valence-corrected chi connectivity index (χ2v) is 6.41. The molecule has 0 radical (unpaired) electrons. The molecule has 98 valence electrons. The minimum Gasteiger partial charge on any atom is -0.239 e. The van der Waals surface area contributed by atoms with Gasteiger partial charge < -0.3 is 0 Å². The number of fused-ring (bicyclic) bond motifs is 1. The molecule has 5 heteroatoms. The van der Waals surface area contributed by atoms with Gasteiger partial charge in [-0.2, -0.15) is 0 Å². The quantitative estimate of drug-likeness (QED) is 0.858. The van der Waals surface area contributed by atoms with Crippen molar-refractivity contribution >= 4 is 11.8 Å². The summed E-state index contributed by atoms with van der Waals surface area (Å²) in [5.74, 6) is 0.497. The van der Waals surface area contributed by atoms with Crippen molar-refractivity contribution in [3.05, 3.63) is 41.7 Å². The lowest BCUT2D eigenvalue weighted by Gasteiger charge is -2.11. The molecule has 1 aliphatic carbocycles. The third-order valence-corrected chi connectivity index (χ3v) is 4.81.